The first kappa shape index (κ1) is 10.3. The molecule has 0 aliphatic carbocycles. The van der Waals surface area contributed by atoms with Crippen molar-refractivity contribution in [2.45, 2.75) is 12.8 Å². The molecule has 3 nitrogen and oxygen atoms in total. The highest BCUT2D eigenvalue weighted by atomic mass is 16.4. The van der Waals surface area contributed by atoms with E-state index in [2.05, 4.69) is 0 Å². The quantitative estimate of drug-likeness (QED) is 0.763. The van der Waals surface area contributed by atoms with Crippen LogP contribution in [0.15, 0.2) is 36.5 Å². The molecule has 3 heteroatoms. The number of hydrogen-bond donors (Lipinski definition) is 2. The number of allylic oxidation sites excluding steroid dienone is 1. The molecule has 0 unspecified atom stereocenters. The van der Waals surface area contributed by atoms with Gasteiger partial charge in [0, 0.05) is 6.42 Å². The number of nitrogens with two attached hydrogens (primary N) is 1. The fourth-order valence-corrected chi connectivity index (χ4v) is 1.22. The number of benzene rings is 1. The average molecular weight is 191 g/mol. The Morgan fingerprint density at radius 3 is 2.43 bits per heavy atom. The van der Waals surface area contributed by atoms with Crippen molar-refractivity contribution < 1.29 is 9.90 Å². The highest BCUT2D eigenvalue weighted by Gasteiger charge is 2.03. The van der Waals surface area contributed by atoms with Gasteiger partial charge in [-0.3, -0.25) is 4.79 Å². The summed E-state index contributed by atoms with van der Waals surface area (Å²) in [5, 5.41) is 8.54. The van der Waals surface area contributed by atoms with E-state index in [1.54, 1.807) is 0 Å². The second-order valence-corrected chi connectivity index (χ2v) is 2.95. The Labute approximate surface area is 82.9 Å². The summed E-state index contributed by atoms with van der Waals surface area (Å²) in [6.07, 6.45) is 2.05. The molecule has 0 spiro atoms. The zero-order valence-corrected chi connectivity index (χ0v) is 7.81. The van der Waals surface area contributed by atoms with E-state index in [9.17, 15) is 4.79 Å². The van der Waals surface area contributed by atoms with Gasteiger partial charge in [0.1, 0.15) is 0 Å². The Morgan fingerprint density at radius 1 is 1.29 bits per heavy atom. The Balaban J connectivity index is 2.69. The van der Waals surface area contributed by atoms with Gasteiger partial charge in [0.15, 0.2) is 0 Å². The van der Waals surface area contributed by atoms with Gasteiger partial charge in [-0.1, -0.05) is 30.3 Å². The summed E-state index contributed by atoms with van der Waals surface area (Å²) in [5.41, 5.74) is 7.29. The van der Waals surface area contributed by atoms with Crippen LogP contribution in [0, 0.1) is 0 Å². The molecule has 0 bridgehead atoms. The predicted octanol–water partition coefficient (Wildman–Crippen LogP) is 1.85. The molecule has 0 saturated carbocycles. The number of aliphatic carboxylic acids is 1. The smallest absolute Gasteiger partial charge is 0.303 e. The van der Waals surface area contributed by atoms with Gasteiger partial charge in [0.05, 0.1) is 0 Å². The van der Waals surface area contributed by atoms with Crippen LogP contribution in [-0.2, 0) is 4.79 Å². The molecular formula is C11H13NO2. The second kappa shape index (κ2) is 5.07. The van der Waals surface area contributed by atoms with Crippen molar-refractivity contribution in [3.05, 3.63) is 42.1 Å². The Bertz CT molecular complexity index is 330. The molecule has 0 atom stereocenters. The van der Waals surface area contributed by atoms with Crippen molar-refractivity contribution in [3.8, 4) is 0 Å². The first-order chi connectivity index (χ1) is 6.74. The van der Waals surface area contributed by atoms with E-state index < -0.39 is 5.97 Å². The molecule has 0 aliphatic rings. The van der Waals surface area contributed by atoms with Gasteiger partial charge in [0.2, 0.25) is 0 Å². The van der Waals surface area contributed by atoms with Crippen molar-refractivity contribution in [3.63, 3.8) is 0 Å². The van der Waals surface area contributed by atoms with E-state index in [-0.39, 0.29) is 6.42 Å². The normalized spacial score (nSPS) is 11.3. The molecule has 0 aliphatic heterocycles. The van der Waals surface area contributed by atoms with E-state index in [4.69, 9.17) is 10.8 Å². The van der Waals surface area contributed by atoms with Crippen LogP contribution in [-0.4, -0.2) is 11.1 Å². The Kier molecular flexibility index (Phi) is 3.73. The van der Waals surface area contributed by atoms with E-state index in [1.165, 1.54) is 6.20 Å². The minimum Gasteiger partial charge on any atom is -0.481 e. The van der Waals surface area contributed by atoms with E-state index >= 15 is 0 Å². The first-order valence-corrected chi connectivity index (χ1v) is 4.42. The summed E-state index contributed by atoms with van der Waals surface area (Å²) in [5.74, 6) is -0.805. The summed E-state index contributed by atoms with van der Waals surface area (Å²) in [6, 6.07) is 9.55. The van der Waals surface area contributed by atoms with Gasteiger partial charge in [0.25, 0.3) is 0 Å². The van der Waals surface area contributed by atoms with E-state index in [0.717, 1.165) is 11.1 Å². The molecule has 0 amide bonds. The lowest BCUT2D eigenvalue weighted by atomic mass is 10.0. The van der Waals surface area contributed by atoms with Gasteiger partial charge in [-0.25, -0.2) is 0 Å². The first-order valence-electron chi connectivity index (χ1n) is 4.42. The monoisotopic (exact) mass is 191 g/mol. The molecule has 1 aromatic rings. The molecule has 1 aromatic carbocycles. The van der Waals surface area contributed by atoms with Gasteiger partial charge in [-0.05, 0) is 23.8 Å². The molecule has 14 heavy (non-hydrogen) atoms. The molecular weight excluding hydrogens is 178 g/mol. The van der Waals surface area contributed by atoms with E-state index in [0.29, 0.717) is 6.42 Å². The lowest BCUT2D eigenvalue weighted by Gasteiger charge is -2.04. The molecule has 0 aromatic heterocycles. The summed E-state index contributed by atoms with van der Waals surface area (Å²) in [4.78, 5) is 10.4. The number of rotatable bonds is 4. The standard InChI is InChI=1S/C11H13NO2/c12-8-10(6-7-11(13)14)9-4-2-1-3-5-9/h1-5,8H,6-7,12H2,(H,13,14)/b10-8-. The molecule has 0 saturated heterocycles. The molecule has 0 fully saturated rings. The lowest BCUT2D eigenvalue weighted by Crippen LogP contribution is -1.97. The second-order valence-electron chi connectivity index (χ2n) is 2.95. The number of carbonyl (C=O) groups is 1. The maximum absolute atomic E-state index is 10.4. The third-order valence-corrected chi connectivity index (χ3v) is 1.95. The SMILES string of the molecule is N/C=C(/CCC(=O)O)c1ccccc1. The summed E-state index contributed by atoms with van der Waals surface area (Å²) < 4.78 is 0. The van der Waals surface area contributed by atoms with Crippen molar-refractivity contribution in [1.29, 1.82) is 0 Å². The number of carboxylic acid groups (broad SMARTS) is 1. The molecule has 3 N–H and O–H groups in total. The Morgan fingerprint density at radius 2 is 1.93 bits per heavy atom. The van der Waals surface area contributed by atoms with Crippen LogP contribution in [0.2, 0.25) is 0 Å². The maximum atomic E-state index is 10.4. The van der Waals surface area contributed by atoms with Crippen LogP contribution < -0.4 is 5.73 Å². The third kappa shape index (κ3) is 2.94. The minimum absolute atomic E-state index is 0.109. The van der Waals surface area contributed by atoms with Gasteiger partial charge in [-0.15, -0.1) is 0 Å². The average Bonchev–Trinajstić information content (AvgIpc) is 2.20. The largest absolute Gasteiger partial charge is 0.481 e. The van der Waals surface area contributed by atoms with Gasteiger partial charge >= 0.3 is 5.97 Å². The number of hydrogen-bond acceptors (Lipinski definition) is 2. The van der Waals surface area contributed by atoms with Crippen molar-refractivity contribution >= 4 is 11.5 Å². The molecule has 0 radical (unpaired) electrons. The molecule has 0 heterocycles. The lowest BCUT2D eigenvalue weighted by molar-refractivity contribution is -0.136. The topological polar surface area (TPSA) is 63.3 Å². The van der Waals surface area contributed by atoms with Crippen molar-refractivity contribution in [2.24, 2.45) is 5.73 Å². The van der Waals surface area contributed by atoms with Crippen LogP contribution in [0.4, 0.5) is 0 Å². The molecule has 74 valence electrons. The van der Waals surface area contributed by atoms with Crippen LogP contribution in [0.5, 0.6) is 0 Å². The summed E-state index contributed by atoms with van der Waals surface area (Å²) in [7, 11) is 0. The number of carboxylic acids is 1. The summed E-state index contributed by atoms with van der Waals surface area (Å²) in [6.45, 7) is 0. The van der Waals surface area contributed by atoms with Crippen LogP contribution in [0.1, 0.15) is 18.4 Å². The van der Waals surface area contributed by atoms with Crippen molar-refractivity contribution in [1.82, 2.24) is 0 Å². The fraction of sp³-hybridized carbons (Fsp3) is 0.182. The van der Waals surface area contributed by atoms with Gasteiger partial charge in [-0.2, -0.15) is 0 Å². The fourth-order valence-electron chi connectivity index (χ4n) is 1.22. The zero-order chi connectivity index (χ0) is 10.4. The zero-order valence-electron chi connectivity index (χ0n) is 7.81. The van der Waals surface area contributed by atoms with Crippen LogP contribution in [0.3, 0.4) is 0 Å². The minimum atomic E-state index is -0.805. The Hall–Kier alpha value is -1.77. The van der Waals surface area contributed by atoms with Crippen molar-refractivity contribution in [2.75, 3.05) is 0 Å². The van der Waals surface area contributed by atoms with Crippen LogP contribution >= 0.6 is 0 Å². The third-order valence-electron chi connectivity index (χ3n) is 1.95. The molecule has 1 rings (SSSR count). The predicted molar refractivity (Wildman–Crippen MR) is 55.5 cm³/mol. The maximum Gasteiger partial charge on any atom is 0.303 e. The van der Waals surface area contributed by atoms with E-state index in [1.807, 2.05) is 30.3 Å². The summed E-state index contributed by atoms with van der Waals surface area (Å²) >= 11 is 0. The van der Waals surface area contributed by atoms with Crippen LogP contribution in [0.25, 0.3) is 5.57 Å². The van der Waals surface area contributed by atoms with Gasteiger partial charge < -0.3 is 10.8 Å². The highest BCUT2D eigenvalue weighted by Crippen LogP contribution is 2.18. The highest BCUT2D eigenvalue weighted by molar-refractivity contribution is 5.72.